The van der Waals surface area contributed by atoms with Crippen LogP contribution >= 0.6 is 22.9 Å². The zero-order chi connectivity index (χ0) is 19.3. The van der Waals surface area contributed by atoms with Gasteiger partial charge in [-0.05, 0) is 45.6 Å². The van der Waals surface area contributed by atoms with Gasteiger partial charge >= 0.3 is 0 Å². The Labute approximate surface area is 164 Å². The monoisotopic (exact) mass is 405 g/mol. The van der Waals surface area contributed by atoms with Gasteiger partial charge in [0.25, 0.3) is 5.56 Å². The number of fused-ring (bicyclic) bond motifs is 3. The summed E-state index contributed by atoms with van der Waals surface area (Å²) in [5.74, 6) is 0.215. The summed E-state index contributed by atoms with van der Waals surface area (Å²) in [4.78, 5) is 31.9. The van der Waals surface area contributed by atoms with Crippen LogP contribution < -0.4 is 11.0 Å². The lowest BCUT2D eigenvalue weighted by molar-refractivity contribution is -0.117. The third kappa shape index (κ3) is 3.06. The minimum absolute atomic E-state index is 0.184. The second-order valence-electron chi connectivity index (χ2n) is 6.83. The Morgan fingerprint density at radius 2 is 2.07 bits per heavy atom. The van der Waals surface area contributed by atoms with E-state index >= 15 is 0 Å². The van der Waals surface area contributed by atoms with Crippen molar-refractivity contribution in [2.24, 2.45) is 0 Å². The third-order valence-electron chi connectivity index (χ3n) is 4.99. The van der Waals surface area contributed by atoms with E-state index < -0.39 is 0 Å². The molecule has 0 bridgehead atoms. The van der Waals surface area contributed by atoms with Gasteiger partial charge in [0.05, 0.1) is 28.3 Å². The van der Waals surface area contributed by atoms with Crippen LogP contribution in [-0.2, 0) is 24.2 Å². The molecule has 0 aromatic carbocycles. The molecule has 3 aromatic rings. The molecular weight excluding hydrogens is 386 g/mol. The van der Waals surface area contributed by atoms with Gasteiger partial charge in [-0.3, -0.25) is 19.7 Å². The number of nitrogens with one attached hydrogen (secondary N) is 1. The smallest absolute Gasteiger partial charge is 0.273 e. The molecule has 142 valence electrons. The molecule has 9 heteroatoms. The van der Waals surface area contributed by atoms with E-state index in [0.717, 1.165) is 41.0 Å². The Bertz CT molecular complexity index is 1130. The Morgan fingerprint density at radius 3 is 2.78 bits per heavy atom. The lowest BCUT2D eigenvalue weighted by atomic mass is 10.2. The summed E-state index contributed by atoms with van der Waals surface area (Å²) in [6.07, 6.45) is 3.17. The number of hydrogen-bond acceptors (Lipinski definition) is 5. The highest BCUT2D eigenvalue weighted by Crippen LogP contribution is 2.34. The van der Waals surface area contributed by atoms with E-state index in [1.807, 2.05) is 13.8 Å². The van der Waals surface area contributed by atoms with E-state index in [1.54, 1.807) is 22.9 Å². The molecule has 1 N–H and O–H groups in total. The highest BCUT2D eigenvalue weighted by Gasteiger charge is 2.23. The van der Waals surface area contributed by atoms with Crippen molar-refractivity contribution in [1.29, 1.82) is 0 Å². The molecule has 0 saturated carbocycles. The van der Waals surface area contributed by atoms with Crippen LogP contribution in [0.5, 0.6) is 0 Å². The van der Waals surface area contributed by atoms with Gasteiger partial charge in [0, 0.05) is 11.3 Å². The fourth-order valence-electron chi connectivity index (χ4n) is 3.56. The van der Waals surface area contributed by atoms with Gasteiger partial charge in [-0.1, -0.05) is 11.6 Å². The van der Waals surface area contributed by atoms with Crippen LogP contribution in [0.1, 0.15) is 40.5 Å². The molecule has 0 atom stereocenters. The maximum absolute atomic E-state index is 13.0. The average molecular weight is 406 g/mol. The number of hydrogen-bond donors (Lipinski definition) is 1. The summed E-state index contributed by atoms with van der Waals surface area (Å²) in [7, 11) is 0. The molecule has 0 spiro atoms. The average Bonchev–Trinajstić information content (AvgIpc) is 3.26. The molecule has 3 aromatic heterocycles. The van der Waals surface area contributed by atoms with E-state index in [2.05, 4.69) is 15.5 Å². The number of halogens is 1. The highest BCUT2D eigenvalue weighted by atomic mass is 35.5. The lowest BCUT2D eigenvalue weighted by Gasteiger charge is -2.11. The first-order chi connectivity index (χ1) is 12.9. The van der Waals surface area contributed by atoms with E-state index in [9.17, 15) is 9.59 Å². The van der Waals surface area contributed by atoms with Gasteiger partial charge in [0.2, 0.25) is 5.91 Å². The van der Waals surface area contributed by atoms with Crippen LogP contribution in [0, 0.1) is 20.8 Å². The predicted molar refractivity (Wildman–Crippen MR) is 106 cm³/mol. The number of aromatic nitrogens is 4. The maximum Gasteiger partial charge on any atom is 0.281 e. The summed E-state index contributed by atoms with van der Waals surface area (Å²) in [6.45, 7) is 5.81. The third-order valence-corrected chi connectivity index (χ3v) is 6.72. The van der Waals surface area contributed by atoms with E-state index in [-0.39, 0.29) is 17.9 Å². The molecule has 0 aliphatic heterocycles. The van der Waals surface area contributed by atoms with E-state index in [1.165, 1.54) is 9.55 Å². The molecule has 0 fully saturated rings. The number of rotatable bonds is 4. The van der Waals surface area contributed by atoms with Crippen molar-refractivity contribution in [3.8, 4) is 0 Å². The second-order valence-corrected chi connectivity index (χ2v) is 8.29. The molecule has 0 unspecified atom stereocenters. The largest absolute Gasteiger partial charge is 0.281 e. The van der Waals surface area contributed by atoms with Crippen LogP contribution in [0.15, 0.2) is 4.79 Å². The highest BCUT2D eigenvalue weighted by molar-refractivity contribution is 7.18. The zero-order valence-electron chi connectivity index (χ0n) is 15.4. The summed E-state index contributed by atoms with van der Waals surface area (Å²) < 4.78 is 2.98. The lowest BCUT2D eigenvalue weighted by Crippen LogP contribution is -2.35. The summed E-state index contributed by atoms with van der Waals surface area (Å²) >= 11 is 7.73. The number of nitrogens with zero attached hydrogens (tertiary/aromatic N) is 4. The number of amides is 1. The summed E-state index contributed by atoms with van der Waals surface area (Å²) in [5.41, 5.74) is 5.17. The SMILES string of the molecule is Cc1nn(CCC(=O)Nn2c(C)nc3sc4c(c3c2=O)CCC4)c(C)c1Cl. The Balaban J connectivity index is 1.57. The summed E-state index contributed by atoms with van der Waals surface area (Å²) in [6, 6.07) is 0. The van der Waals surface area contributed by atoms with Crippen molar-refractivity contribution < 1.29 is 4.79 Å². The van der Waals surface area contributed by atoms with Gasteiger partial charge in [0.1, 0.15) is 10.7 Å². The number of thiophene rings is 1. The molecule has 1 aliphatic rings. The maximum atomic E-state index is 13.0. The second kappa shape index (κ2) is 6.76. The summed E-state index contributed by atoms with van der Waals surface area (Å²) in [5, 5.41) is 5.59. The van der Waals surface area contributed by atoms with Crippen molar-refractivity contribution in [2.75, 3.05) is 5.43 Å². The van der Waals surface area contributed by atoms with E-state index in [0.29, 0.717) is 22.8 Å². The fourth-order valence-corrected chi connectivity index (χ4v) is 4.99. The van der Waals surface area contributed by atoms with Gasteiger partial charge in [0.15, 0.2) is 0 Å². The quantitative estimate of drug-likeness (QED) is 0.723. The first-order valence-corrected chi connectivity index (χ1v) is 10.1. The Morgan fingerprint density at radius 1 is 1.30 bits per heavy atom. The topological polar surface area (TPSA) is 81.8 Å². The fraction of sp³-hybridized carbons (Fsp3) is 0.444. The van der Waals surface area contributed by atoms with Crippen LogP contribution in [0.3, 0.4) is 0 Å². The van der Waals surface area contributed by atoms with Gasteiger partial charge in [-0.25, -0.2) is 9.66 Å². The first kappa shape index (κ1) is 18.2. The van der Waals surface area contributed by atoms with Crippen LogP contribution in [0.25, 0.3) is 10.2 Å². The molecule has 27 heavy (non-hydrogen) atoms. The van der Waals surface area contributed by atoms with Gasteiger partial charge < -0.3 is 0 Å². The van der Waals surface area contributed by atoms with Gasteiger partial charge in [-0.15, -0.1) is 11.3 Å². The molecule has 3 heterocycles. The predicted octanol–water partition coefficient (Wildman–Crippen LogP) is 2.88. The minimum Gasteiger partial charge on any atom is -0.273 e. The normalized spacial score (nSPS) is 13.3. The number of carbonyl (C=O) groups is 1. The molecule has 0 radical (unpaired) electrons. The standard InChI is InChI=1S/C18H20ClN5O2S/c1-9-16(19)10(2)23(21-9)8-7-14(25)22-24-11(3)20-17-15(18(24)26)12-5-4-6-13(12)27-17/h4-8H2,1-3H3,(H,22,25). The molecular formula is C18H20ClN5O2S. The zero-order valence-corrected chi connectivity index (χ0v) is 17.0. The number of aryl methyl sites for hydroxylation is 5. The van der Waals surface area contributed by atoms with Crippen molar-refractivity contribution in [3.05, 3.63) is 43.0 Å². The molecule has 1 amide bonds. The Hall–Kier alpha value is -2.19. The molecule has 4 rings (SSSR count). The van der Waals surface area contributed by atoms with Crippen LogP contribution in [-0.4, -0.2) is 25.3 Å². The van der Waals surface area contributed by atoms with Crippen molar-refractivity contribution in [1.82, 2.24) is 19.4 Å². The molecule has 7 nitrogen and oxygen atoms in total. The minimum atomic E-state index is -0.267. The molecule has 0 saturated heterocycles. The first-order valence-electron chi connectivity index (χ1n) is 8.90. The van der Waals surface area contributed by atoms with Crippen molar-refractivity contribution in [2.45, 2.75) is 53.0 Å². The van der Waals surface area contributed by atoms with Crippen LogP contribution in [0.4, 0.5) is 0 Å². The van der Waals surface area contributed by atoms with Gasteiger partial charge in [-0.2, -0.15) is 5.10 Å². The number of carbonyl (C=O) groups excluding carboxylic acids is 1. The molecule has 1 aliphatic carbocycles. The van der Waals surface area contributed by atoms with E-state index in [4.69, 9.17) is 11.6 Å². The van der Waals surface area contributed by atoms with Crippen LogP contribution in [0.2, 0.25) is 5.02 Å². The van der Waals surface area contributed by atoms with Crippen molar-refractivity contribution >= 4 is 39.1 Å². The Kier molecular flexibility index (Phi) is 4.55. The van der Waals surface area contributed by atoms with Crippen molar-refractivity contribution in [3.63, 3.8) is 0 Å².